The highest BCUT2D eigenvalue weighted by molar-refractivity contribution is 5.69. The number of carbonyl (C=O) groups is 2. The zero-order valence-electron chi connectivity index (χ0n) is 12.2. The van der Waals surface area contributed by atoms with Crippen molar-refractivity contribution in [3.8, 4) is 0 Å². The summed E-state index contributed by atoms with van der Waals surface area (Å²) in [4.78, 5) is 23.6. The van der Waals surface area contributed by atoms with Gasteiger partial charge in [-0.05, 0) is 32.1 Å². The fourth-order valence-electron chi connectivity index (χ4n) is 2.45. The number of aliphatic carboxylic acids is 2. The number of allylic oxidation sites excluding steroid dienone is 1. The fraction of sp³-hybridized carbons (Fsp3) is 0.733. The molecule has 1 atom stereocenters. The molecule has 20 heavy (non-hydrogen) atoms. The van der Waals surface area contributed by atoms with Gasteiger partial charge in [-0.3, -0.25) is 9.59 Å². The Labute approximate surface area is 120 Å². The van der Waals surface area contributed by atoms with E-state index in [2.05, 4.69) is 6.08 Å². The SMILES string of the molecule is CC(CN(CCC(=O)O)CCC1=CCCCC1)C(=O)O. The van der Waals surface area contributed by atoms with Crippen molar-refractivity contribution in [2.24, 2.45) is 5.92 Å². The summed E-state index contributed by atoms with van der Waals surface area (Å²) in [5.41, 5.74) is 1.43. The van der Waals surface area contributed by atoms with Crippen LogP contribution in [0.1, 0.15) is 45.4 Å². The molecule has 0 aliphatic heterocycles. The summed E-state index contributed by atoms with van der Waals surface area (Å²) in [5.74, 6) is -2.14. The molecule has 0 saturated heterocycles. The van der Waals surface area contributed by atoms with Gasteiger partial charge in [0.15, 0.2) is 0 Å². The maximum Gasteiger partial charge on any atom is 0.307 e. The van der Waals surface area contributed by atoms with E-state index in [1.54, 1.807) is 6.92 Å². The molecule has 0 spiro atoms. The molecule has 0 amide bonds. The molecule has 114 valence electrons. The second-order valence-corrected chi connectivity index (χ2v) is 5.54. The minimum atomic E-state index is -0.838. The normalized spacial score (nSPS) is 16.8. The molecule has 1 aliphatic carbocycles. The quantitative estimate of drug-likeness (QED) is 0.635. The Balaban J connectivity index is 2.45. The van der Waals surface area contributed by atoms with Crippen molar-refractivity contribution in [1.82, 2.24) is 4.90 Å². The highest BCUT2D eigenvalue weighted by Gasteiger charge is 2.17. The molecule has 0 aromatic carbocycles. The smallest absolute Gasteiger partial charge is 0.307 e. The summed E-state index contributed by atoms with van der Waals surface area (Å²) in [6, 6.07) is 0. The Kier molecular flexibility index (Phi) is 7.30. The second-order valence-electron chi connectivity index (χ2n) is 5.54. The van der Waals surface area contributed by atoms with Gasteiger partial charge in [0.2, 0.25) is 0 Å². The van der Waals surface area contributed by atoms with Gasteiger partial charge in [0.25, 0.3) is 0 Å². The molecule has 0 bridgehead atoms. The zero-order chi connectivity index (χ0) is 15.0. The topological polar surface area (TPSA) is 77.8 Å². The summed E-state index contributed by atoms with van der Waals surface area (Å²) >= 11 is 0. The van der Waals surface area contributed by atoms with Gasteiger partial charge in [0.1, 0.15) is 0 Å². The molecule has 5 nitrogen and oxygen atoms in total. The third-order valence-electron chi connectivity index (χ3n) is 3.73. The summed E-state index contributed by atoms with van der Waals surface area (Å²) in [7, 11) is 0. The van der Waals surface area contributed by atoms with Crippen molar-refractivity contribution in [1.29, 1.82) is 0 Å². The van der Waals surface area contributed by atoms with E-state index in [1.165, 1.54) is 18.4 Å². The first kappa shape index (κ1) is 16.7. The molecule has 0 saturated carbocycles. The molecule has 5 heteroatoms. The Morgan fingerprint density at radius 1 is 1.30 bits per heavy atom. The van der Waals surface area contributed by atoms with Crippen LogP contribution in [0.25, 0.3) is 0 Å². The van der Waals surface area contributed by atoms with Gasteiger partial charge in [-0.2, -0.15) is 0 Å². The molecule has 2 N–H and O–H groups in total. The van der Waals surface area contributed by atoms with Crippen molar-refractivity contribution in [2.45, 2.75) is 45.4 Å². The van der Waals surface area contributed by atoms with Crippen LogP contribution in [0.3, 0.4) is 0 Å². The standard InChI is InChI=1S/C15H25NO4/c1-12(15(19)20)11-16(10-8-14(17)18)9-7-13-5-3-2-4-6-13/h5,12H,2-4,6-11H2,1H3,(H,17,18)(H,19,20). The predicted octanol–water partition coefficient (Wildman–Crippen LogP) is 2.37. The van der Waals surface area contributed by atoms with E-state index in [0.717, 1.165) is 25.8 Å². The van der Waals surface area contributed by atoms with E-state index < -0.39 is 17.9 Å². The largest absolute Gasteiger partial charge is 0.481 e. The van der Waals surface area contributed by atoms with Crippen LogP contribution in [0.2, 0.25) is 0 Å². The first-order valence-corrected chi connectivity index (χ1v) is 7.34. The average Bonchev–Trinajstić information content (AvgIpc) is 2.42. The van der Waals surface area contributed by atoms with Crippen LogP contribution in [0.15, 0.2) is 11.6 Å². The monoisotopic (exact) mass is 283 g/mol. The van der Waals surface area contributed by atoms with Crippen LogP contribution in [0, 0.1) is 5.92 Å². The lowest BCUT2D eigenvalue weighted by Crippen LogP contribution is -2.34. The fourth-order valence-corrected chi connectivity index (χ4v) is 2.45. The molecule has 0 radical (unpaired) electrons. The molecule has 0 aromatic rings. The minimum Gasteiger partial charge on any atom is -0.481 e. The van der Waals surface area contributed by atoms with Crippen LogP contribution in [0.5, 0.6) is 0 Å². The lowest BCUT2D eigenvalue weighted by Gasteiger charge is -2.24. The number of carboxylic acid groups (broad SMARTS) is 2. The molecule has 1 unspecified atom stereocenters. The first-order chi connectivity index (χ1) is 9.49. The van der Waals surface area contributed by atoms with E-state index in [1.807, 2.05) is 4.90 Å². The summed E-state index contributed by atoms with van der Waals surface area (Å²) in [6.07, 6.45) is 8.00. The van der Waals surface area contributed by atoms with Gasteiger partial charge >= 0.3 is 11.9 Å². The Bertz CT molecular complexity index is 365. The van der Waals surface area contributed by atoms with Crippen molar-refractivity contribution in [3.63, 3.8) is 0 Å². The van der Waals surface area contributed by atoms with Crippen LogP contribution in [0.4, 0.5) is 0 Å². The summed E-state index contributed by atoms with van der Waals surface area (Å²) in [6.45, 7) is 3.24. The van der Waals surface area contributed by atoms with Gasteiger partial charge in [0, 0.05) is 19.6 Å². The van der Waals surface area contributed by atoms with Crippen LogP contribution >= 0.6 is 0 Å². The van der Waals surface area contributed by atoms with Crippen LogP contribution in [-0.4, -0.2) is 46.7 Å². The maximum atomic E-state index is 10.9. The van der Waals surface area contributed by atoms with E-state index in [9.17, 15) is 9.59 Å². The first-order valence-electron chi connectivity index (χ1n) is 7.34. The number of hydrogen-bond donors (Lipinski definition) is 2. The van der Waals surface area contributed by atoms with Gasteiger partial charge in [-0.25, -0.2) is 0 Å². The van der Waals surface area contributed by atoms with Gasteiger partial charge < -0.3 is 15.1 Å². The molecule has 0 aromatic heterocycles. The van der Waals surface area contributed by atoms with Crippen LogP contribution in [-0.2, 0) is 9.59 Å². The molecule has 1 aliphatic rings. The third kappa shape index (κ3) is 6.70. The highest BCUT2D eigenvalue weighted by Crippen LogP contribution is 2.20. The Hall–Kier alpha value is -1.36. The van der Waals surface area contributed by atoms with Crippen molar-refractivity contribution < 1.29 is 19.8 Å². The summed E-state index contributed by atoms with van der Waals surface area (Å²) in [5, 5.41) is 17.7. The van der Waals surface area contributed by atoms with Crippen molar-refractivity contribution in [2.75, 3.05) is 19.6 Å². The van der Waals surface area contributed by atoms with E-state index >= 15 is 0 Å². The van der Waals surface area contributed by atoms with E-state index in [4.69, 9.17) is 10.2 Å². The molecule has 0 fully saturated rings. The van der Waals surface area contributed by atoms with Gasteiger partial charge in [-0.15, -0.1) is 0 Å². The number of hydrogen-bond acceptors (Lipinski definition) is 3. The third-order valence-corrected chi connectivity index (χ3v) is 3.73. The number of nitrogens with zero attached hydrogens (tertiary/aromatic N) is 1. The lowest BCUT2D eigenvalue weighted by atomic mass is 9.97. The molecular weight excluding hydrogens is 258 g/mol. The minimum absolute atomic E-state index is 0.0609. The Morgan fingerprint density at radius 2 is 2.05 bits per heavy atom. The maximum absolute atomic E-state index is 10.9. The second kappa shape index (κ2) is 8.74. The lowest BCUT2D eigenvalue weighted by molar-refractivity contribution is -0.141. The zero-order valence-corrected chi connectivity index (χ0v) is 12.2. The molecule has 1 rings (SSSR count). The van der Waals surface area contributed by atoms with Gasteiger partial charge in [-0.1, -0.05) is 18.6 Å². The highest BCUT2D eigenvalue weighted by atomic mass is 16.4. The molecular formula is C15H25NO4. The van der Waals surface area contributed by atoms with Crippen molar-refractivity contribution in [3.05, 3.63) is 11.6 Å². The average molecular weight is 283 g/mol. The predicted molar refractivity (Wildman–Crippen MR) is 76.7 cm³/mol. The molecule has 0 heterocycles. The number of carboxylic acids is 2. The van der Waals surface area contributed by atoms with Crippen LogP contribution < -0.4 is 0 Å². The Morgan fingerprint density at radius 3 is 2.60 bits per heavy atom. The van der Waals surface area contributed by atoms with E-state index in [0.29, 0.717) is 13.1 Å². The van der Waals surface area contributed by atoms with Gasteiger partial charge in [0.05, 0.1) is 12.3 Å². The van der Waals surface area contributed by atoms with E-state index in [-0.39, 0.29) is 6.42 Å². The summed E-state index contributed by atoms with van der Waals surface area (Å²) < 4.78 is 0. The number of rotatable bonds is 9. The van der Waals surface area contributed by atoms with Crippen molar-refractivity contribution >= 4 is 11.9 Å².